The molecule has 1 aromatic rings. The van der Waals surface area contributed by atoms with Crippen molar-refractivity contribution in [3.63, 3.8) is 0 Å². The quantitative estimate of drug-likeness (QED) is 0.644. The van der Waals surface area contributed by atoms with Gasteiger partial charge in [0.1, 0.15) is 9.63 Å². The van der Waals surface area contributed by atoms with Crippen LogP contribution in [0.25, 0.3) is 0 Å². The maximum Gasteiger partial charge on any atom is 0.222 e. The van der Waals surface area contributed by atoms with E-state index in [1.54, 1.807) is 11.8 Å². The van der Waals surface area contributed by atoms with Gasteiger partial charge < -0.3 is 5.73 Å². The van der Waals surface area contributed by atoms with Crippen LogP contribution in [0.5, 0.6) is 0 Å². The predicted molar refractivity (Wildman–Crippen MR) is 55.1 cm³/mol. The summed E-state index contributed by atoms with van der Waals surface area (Å²) < 4.78 is 0.734. The average molecular weight is 248 g/mol. The van der Waals surface area contributed by atoms with Crippen LogP contribution in [0.4, 0.5) is 5.95 Å². The van der Waals surface area contributed by atoms with Crippen LogP contribution in [0.1, 0.15) is 13.8 Å². The molecule has 0 aliphatic heterocycles. The molecule has 3 nitrogen and oxygen atoms in total. The van der Waals surface area contributed by atoms with Gasteiger partial charge in [-0.05, 0) is 15.9 Å². The van der Waals surface area contributed by atoms with E-state index in [0.29, 0.717) is 11.2 Å². The Bertz CT molecular complexity index is 257. The van der Waals surface area contributed by atoms with Gasteiger partial charge in [-0.25, -0.2) is 9.97 Å². The smallest absolute Gasteiger partial charge is 0.222 e. The highest BCUT2D eigenvalue weighted by Crippen LogP contribution is 2.23. The molecule has 0 aromatic carbocycles. The van der Waals surface area contributed by atoms with Gasteiger partial charge in [-0.2, -0.15) is 0 Å². The molecule has 1 rings (SSSR count). The average Bonchev–Trinajstić information content (AvgIpc) is 1.81. The molecular weight excluding hydrogens is 238 g/mol. The molecule has 0 atom stereocenters. The third-order valence-electron chi connectivity index (χ3n) is 1.05. The summed E-state index contributed by atoms with van der Waals surface area (Å²) in [5.74, 6) is 0.313. The first-order valence-corrected chi connectivity index (χ1v) is 5.22. The second kappa shape index (κ2) is 4.09. The van der Waals surface area contributed by atoms with Crippen LogP contribution in [0.2, 0.25) is 0 Å². The Labute approximate surface area is 84.3 Å². The monoisotopic (exact) mass is 247 g/mol. The minimum Gasteiger partial charge on any atom is -0.368 e. The molecule has 0 saturated carbocycles. The number of nitrogens with two attached hydrogens (primary N) is 1. The van der Waals surface area contributed by atoms with Crippen LogP contribution in [0, 0.1) is 0 Å². The number of hydrogen-bond acceptors (Lipinski definition) is 4. The van der Waals surface area contributed by atoms with Crippen molar-refractivity contribution in [2.45, 2.75) is 24.1 Å². The van der Waals surface area contributed by atoms with Crippen LogP contribution in [-0.4, -0.2) is 15.2 Å². The van der Waals surface area contributed by atoms with E-state index in [1.165, 1.54) is 0 Å². The summed E-state index contributed by atoms with van der Waals surface area (Å²) in [7, 11) is 0. The minimum absolute atomic E-state index is 0.313. The molecule has 0 spiro atoms. The molecule has 0 unspecified atom stereocenters. The maximum absolute atomic E-state index is 5.47. The second-order valence-electron chi connectivity index (χ2n) is 2.55. The number of nitrogen functional groups attached to an aromatic ring is 1. The number of thioether (sulfide) groups is 1. The van der Waals surface area contributed by atoms with Gasteiger partial charge in [0.15, 0.2) is 0 Å². The van der Waals surface area contributed by atoms with E-state index in [4.69, 9.17) is 5.73 Å². The first-order valence-electron chi connectivity index (χ1n) is 3.54. The van der Waals surface area contributed by atoms with Gasteiger partial charge in [-0.3, -0.25) is 0 Å². The van der Waals surface area contributed by atoms with Crippen molar-refractivity contribution >= 4 is 33.6 Å². The highest BCUT2D eigenvalue weighted by atomic mass is 79.9. The number of nitrogens with zero attached hydrogens (tertiary/aromatic N) is 2. The normalized spacial score (nSPS) is 10.7. The zero-order chi connectivity index (χ0) is 9.14. The molecule has 2 N–H and O–H groups in total. The molecule has 1 heterocycles. The molecule has 0 saturated heterocycles. The summed E-state index contributed by atoms with van der Waals surface area (Å²) in [5.41, 5.74) is 5.47. The second-order valence-corrected chi connectivity index (χ2v) is 4.96. The van der Waals surface area contributed by atoms with Gasteiger partial charge in [0, 0.05) is 11.3 Å². The van der Waals surface area contributed by atoms with E-state index < -0.39 is 0 Å². The fourth-order valence-electron chi connectivity index (χ4n) is 0.716. The minimum atomic E-state index is 0.313. The molecule has 0 bridgehead atoms. The molecule has 5 heteroatoms. The van der Waals surface area contributed by atoms with Gasteiger partial charge in [0.05, 0.1) is 0 Å². The lowest BCUT2D eigenvalue weighted by atomic mass is 10.6. The SMILES string of the molecule is CC(C)Sc1cc(Br)nc(N)n1. The fraction of sp³-hybridized carbons (Fsp3) is 0.429. The Morgan fingerprint density at radius 1 is 1.50 bits per heavy atom. The topological polar surface area (TPSA) is 51.8 Å². The van der Waals surface area contributed by atoms with E-state index in [-0.39, 0.29) is 0 Å². The molecule has 0 radical (unpaired) electrons. The van der Waals surface area contributed by atoms with Crippen LogP contribution in [-0.2, 0) is 0 Å². The predicted octanol–water partition coefficient (Wildman–Crippen LogP) is 2.32. The van der Waals surface area contributed by atoms with Gasteiger partial charge in [0.25, 0.3) is 0 Å². The van der Waals surface area contributed by atoms with Crippen molar-refractivity contribution in [2.75, 3.05) is 5.73 Å². The Kier molecular flexibility index (Phi) is 3.34. The molecular formula is C7H10BrN3S. The van der Waals surface area contributed by atoms with Gasteiger partial charge >= 0.3 is 0 Å². The number of hydrogen-bond donors (Lipinski definition) is 1. The number of aromatic nitrogens is 2. The van der Waals surface area contributed by atoms with Gasteiger partial charge in [-0.1, -0.05) is 13.8 Å². The Balaban J connectivity index is 2.85. The maximum atomic E-state index is 5.47. The van der Waals surface area contributed by atoms with E-state index in [1.807, 2.05) is 6.07 Å². The molecule has 0 aliphatic carbocycles. The van der Waals surface area contributed by atoms with E-state index in [2.05, 4.69) is 39.7 Å². The van der Waals surface area contributed by atoms with Gasteiger partial charge in [0.2, 0.25) is 5.95 Å². The first kappa shape index (κ1) is 9.80. The molecule has 0 fully saturated rings. The van der Waals surface area contributed by atoms with Crippen LogP contribution in [0.3, 0.4) is 0 Å². The third kappa shape index (κ3) is 2.98. The van der Waals surface area contributed by atoms with Crippen molar-refractivity contribution in [2.24, 2.45) is 0 Å². The zero-order valence-corrected chi connectivity index (χ0v) is 9.32. The molecule has 66 valence electrons. The fourth-order valence-corrected chi connectivity index (χ4v) is 2.07. The number of anilines is 1. The molecule has 12 heavy (non-hydrogen) atoms. The standard InChI is InChI=1S/C7H10BrN3S/c1-4(2)12-6-3-5(8)10-7(9)11-6/h3-4H,1-2H3,(H2,9,10,11). The molecule has 1 aromatic heterocycles. The highest BCUT2D eigenvalue weighted by molar-refractivity contribution is 9.10. The molecule has 0 aliphatic rings. The third-order valence-corrected chi connectivity index (χ3v) is 2.37. The van der Waals surface area contributed by atoms with E-state index >= 15 is 0 Å². The van der Waals surface area contributed by atoms with Crippen molar-refractivity contribution in [3.8, 4) is 0 Å². The van der Waals surface area contributed by atoms with E-state index in [0.717, 1.165) is 9.63 Å². The summed E-state index contributed by atoms with van der Waals surface area (Å²) in [6.45, 7) is 4.22. The van der Waals surface area contributed by atoms with E-state index in [9.17, 15) is 0 Å². The summed E-state index contributed by atoms with van der Waals surface area (Å²) in [6, 6.07) is 1.86. The van der Waals surface area contributed by atoms with Crippen molar-refractivity contribution in [1.29, 1.82) is 0 Å². The largest absolute Gasteiger partial charge is 0.368 e. The van der Waals surface area contributed by atoms with Crippen LogP contribution in [0.15, 0.2) is 15.7 Å². The summed E-state index contributed by atoms with van der Waals surface area (Å²) >= 11 is 4.92. The summed E-state index contributed by atoms with van der Waals surface area (Å²) in [4.78, 5) is 7.99. The van der Waals surface area contributed by atoms with Crippen LogP contribution < -0.4 is 5.73 Å². The zero-order valence-electron chi connectivity index (χ0n) is 6.91. The Hall–Kier alpha value is -0.290. The lowest BCUT2D eigenvalue weighted by Crippen LogP contribution is -1.97. The van der Waals surface area contributed by atoms with Gasteiger partial charge in [-0.15, -0.1) is 11.8 Å². The molecule has 0 amide bonds. The summed E-state index contributed by atoms with van der Waals surface area (Å²) in [5, 5.41) is 1.41. The van der Waals surface area contributed by atoms with Crippen LogP contribution >= 0.6 is 27.7 Å². The number of rotatable bonds is 2. The van der Waals surface area contributed by atoms with Crippen molar-refractivity contribution < 1.29 is 0 Å². The number of halogens is 1. The van der Waals surface area contributed by atoms with Crippen molar-refractivity contribution in [3.05, 3.63) is 10.7 Å². The lowest BCUT2D eigenvalue weighted by Gasteiger charge is -2.03. The highest BCUT2D eigenvalue weighted by Gasteiger charge is 2.02. The first-order chi connectivity index (χ1) is 5.58. The lowest BCUT2D eigenvalue weighted by molar-refractivity contribution is 1.03. The summed E-state index contributed by atoms with van der Waals surface area (Å²) in [6.07, 6.45) is 0. The Morgan fingerprint density at radius 3 is 2.67 bits per heavy atom. The van der Waals surface area contributed by atoms with Crippen molar-refractivity contribution in [1.82, 2.24) is 9.97 Å². The Morgan fingerprint density at radius 2 is 2.17 bits per heavy atom.